The van der Waals surface area contributed by atoms with Crippen LogP contribution >= 0.6 is 23.2 Å². The topological polar surface area (TPSA) is 73.4 Å². The lowest BCUT2D eigenvalue weighted by molar-refractivity contribution is -0.138. The predicted molar refractivity (Wildman–Crippen MR) is 130 cm³/mol. The third-order valence-corrected chi connectivity index (χ3v) is 8.85. The zero-order valence-electron chi connectivity index (χ0n) is 19.4. The quantitative estimate of drug-likeness (QED) is 0.471. The number of carbonyl (C=O) groups excluding carboxylic acids is 1. The Morgan fingerprint density at radius 1 is 1.12 bits per heavy atom. The highest BCUT2D eigenvalue weighted by Crippen LogP contribution is 2.30. The molecule has 186 valence electrons. The molecule has 3 rings (SSSR count). The zero-order chi connectivity index (χ0) is 24.0. The summed E-state index contributed by atoms with van der Waals surface area (Å²) in [5.74, 6) is -0.0418. The van der Waals surface area contributed by atoms with E-state index in [1.165, 1.54) is 22.5 Å². The maximum absolute atomic E-state index is 13.1. The summed E-state index contributed by atoms with van der Waals surface area (Å²) in [5, 5.41) is 0.512. The first-order valence-corrected chi connectivity index (χ1v) is 13.6. The van der Waals surface area contributed by atoms with Crippen molar-refractivity contribution >= 4 is 39.1 Å². The molecule has 33 heavy (non-hydrogen) atoms. The summed E-state index contributed by atoms with van der Waals surface area (Å²) >= 11 is 11.9. The monoisotopic (exact) mass is 520 g/mol. The lowest BCUT2D eigenvalue weighted by atomic mass is 10.2. The third kappa shape index (κ3) is 7.27. The van der Waals surface area contributed by atoms with E-state index in [-0.39, 0.29) is 35.1 Å². The lowest BCUT2D eigenvalue weighted by Crippen LogP contribution is -2.50. The second-order valence-corrected chi connectivity index (χ2v) is 11.6. The van der Waals surface area contributed by atoms with Gasteiger partial charge in [-0.25, -0.2) is 8.42 Å². The van der Waals surface area contributed by atoms with Crippen LogP contribution in [0.15, 0.2) is 23.1 Å². The largest absolute Gasteiger partial charge is 0.370 e. The van der Waals surface area contributed by atoms with Gasteiger partial charge in [0.05, 0.1) is 21.5 Å². The molecule has 0 saturated carbocycles. The molecule has 11 heteroatoms. The highest BCUT2D eigenvalue weighted by Gasteiger charge is 2.36. The number of sulfonamides is 1. The number of amides is 1. The molecule has 2 aliphatic heterocycles. The standard InChI is InChI=1S/C22H34Cl2N4O4S/c1-25(2)8-4-9-26-11-13-27(14-12-26)22(29)17-32-16-18-5-3-10-28(18)33(30,31)19-6-7-20(23)21(24)15-19/h6-7,15,18H,3-5,8-14,16-17H2,1-2H3. The zero-order valence-corrected chi connectivity index (χ0v) is 21.7. The average molecular weight is 522 g/mol. The SMILES string of the molecule is CN(C)CCCN1CCN(C(=O)COCC2CCCN2S(=O)(=O)c2ccc(Cl)c(Cl)c2)CC1. The molecule has 1 unspecified atom stereocenters. The number of benzene rings is 1. The van der Waals surface area contributed by atoms with Crippen LogP contribution in [0.1, 0.15) is 19.3 Å². The number of rotatable bonds is 10. The number of halogens is 2. The van der Waals surface area contributed by atoms with E-state index in [1.807, 2.05) is 4.90 Å². The summed E-state index contributed by atoms with van der Waals surface area (Å²) in [6.45, 7) is 5.83. The summed E-state index contributed by atoms with van der Waals surface area (Å²) in [7, 11) is 0.436. The first kappa shape index (κ1) is 26.7. The van der Waals surface area contributed by atoms with Gasteiger partial charge in [0.25, 0.3) is 0 Å². The van der Waals surface area contributed by atoms with Crippen LogP contribution in [0.2, 0.25) is 10.0 Å². The Hall–Kier alpha value is -0.940. The summed E-state index contributed by atoms with van der Waals surface area (Å²) < 4.78 is 33.3. The van der Waals surface area contributed by atoms with Gasteiger partial charge in [0, 0.05) is 38.8 Å². The van der Waals surface area contributed by atoms with E-state index in [9.17, 15) is 13.2 Å². The molecule has 0 N–H and O–H groups in total. The van der Waals surface area contributed by atoms with Gasteiger partial charge in [-0.2, -0.15) is 4.31 Å². The molecule has 2 aliphatic rings. The Kier molecular flexibility index (Phi) is 9.82. The van der Waals surface area contributed by atoms with Crippen molar-refractivity contribution in [1.82, 2.24) is 19.0 Å². The fraction of sp³-hybridized carbons (Fsp3) is 0.682. The Bertz CT molecular complexity index is 908. The summed E-state index contributed by atoms with van der Waals surface area (Å²) in [6, 6.07) is 4.02. The second kappa shape index (κ2) is 12.2. The van der Waals surface area contributed by atoms with Crippen LogP contribution in [0, 0.1) is 0 Å². The van der Waals surface area contributed by atoms with Crippen LogP contribution in [0.4, 0.5) is 0 Å². The summed E-state index contributed by atoms with van der Waals surface area (Å²) in [6.07, 6.45) is 2.56. The van der Waals surface area contributed by atoms with Crippen molar-refractivity contribution in [2.75, 3.05) is 73.1 Å². The molecular weight excluding hydrogens is 487 g/mol. The molecule has 2 fully saturated rings. The van der Waals surface area contributed by atoms with Crippen LogP contribution in [0.5, 0.6) is 0 Å². The van der Waals surface area contributed by atoms with Gasteiger partial charge < -0.3 is 14.5 Å². The van der Waals surface area contributed by atoms with Crippen molar-refractivity contribution < 1.29 is 17.9 Å². The first-order chi connectivity index (χ1) is 15.7. The average Bonchev–Trinajstić information content (AvgIpc) is 3.25. The lowest BCUT2D eigenvalue weighted by Gasteiger charge is -2.35. The van der Waals surface area contributed by atoms with Crippen LogP contribution in [0.25, 0.3) is 0 Å². The molecule has 0 aliphatic carbocycles. The van der Waals surface area contributed by atoms with Crippen molar-refractivity contribution in [1.29, 1.82) is 0 Å². The second-order valence-electron chi connectivity index (χ2n) is 8.88. The van der Waals surface area contributed by atoms with E-state index in [4.69, 9.17) is 27.9 Å². The van der Waals surface area contributed by atoms with Crippen LogP contribution in [-0.2, 0) is 19.6 Å². The van der Waals surface area contributed by atoms with Crippen LogP contribution in [-0.4, -0.2) is 112 Å². The fourth-order valence-corrected chi connectivity index (χ4v) is 6.34. The smallest absolute Gasteiger partial charge is 0.248 e. The molecule has 1 aromatic rings. The molecule has 0 bridgehead atoms. The van der Waals surface area contributed by atoms with Crippen molar-refractivity contribution in [3.05, 3.63) is 28.2 Å². The van der Waals surface area contributed by atoms with E-state index >= 15 is 0 Å². The van der Waals surface area contributed by atoms with E-state index in [1.54, 1.807) is 0 Å². The van der Waals surface area contributed by atoms with Gasteiger partial charge in [0.2, 0.25) is 15.9 Å². The summed E-state index contributed by atoms with van der Waals surface area (Å²) in [5.41, 5.74) is 0. The number of nitrogens with zero attached hydrogens (tertiary/aromatic N) is 4. The number of hydrogen-bond donors (Lipinski definition) is 0. The van der Waals surface area contributed by atoms with Crippen LogP contribution < -0.4 is 0 Å². The number of hydrogen-bond acceptors (Lipinski definition) is 6. The van der Waals surface area contributed by atoms with Crippen LogP contribution in [0.3, 0.4) is 0 Å². The molecule has 1 atom stereocenters. The van der Waals surface area contributed by atoms with E-state index in [0.717, 1.165) is 39.0 Å². The molecule has 0 radical (unpaired) electrons. The Morgan fingerprint density at radius 3 is 2.52 bits per heavy atom. The van der Waals surface area contributed by atoms with Crippen molar-refractivity contribution in [2.24, 2.45) is 0 Å². The Balaban J connectivity index is 1.44. The van der Waals surface area contributed by atoms with E-state index < -0.39 is 10.0 Å². The van der Waals surface area contributed by atoms with Gasteiger partial charge in [-0.15, -0.1) is 0 Å². The van der Waals surface area contributed by atoms with E-state index in [0.29, 0.717) is 31.1 Å². The predicted octanol–water partition coefficient (Wildman–Crippen LogP) is 2.26. The number of carbonyl (C=O) groups is 1. The number of ether oxygens (including phenoxy) is 1. The van der Waals surface area contributed by atoms with Gasteiger partial charge >= 0.3 is 0 Å². The molecule has 1 aromatic carbocycles. The van der Waals surface area contributed by atoms with Crippen molar-refractivity contribution in [3.8, 4) is 0 Å². The van der Waals surface area contributed by atoms with Gasteiger partial charge in [0.15, 0.2) is 0 Å². The Labute approximate surface area is 207 Å². The van der Waals surface area contributed by atoms with Crippen molar-refractivity contribution in [2.45, 2.75) is 30.2 Å². The fourth-order valence-electron chi connectivity index (χ4n) is 4.27. The minimum absolute atomic E-state index is 0.0300. The first-order valence-electron chi connectivity index (χ1n) is 11.4. The maximum atomic E-state index is 13.1. The number of piperazine rings is 1. The van der Waals surface area contributed by atoms with Gasteiger partial charge in [-0.1, -0.05) is 23.2 Å². The molecule has 0 aromatic heterocycles. The molecule has 2 heterocycles. The third-order valence-electron chi connectivity index (χ3n) is 6.16. The molecule has 0 spiro atoms. The minimum Gasteiger partial charge on any atom is -0.370 e. The Morgan fingerprint density at radius 2 is 1.85 bits per heavy atom. The minimum atomic E-state index is -3.71. The maximum Gasteiger partial charge on any atom is 0.248 e. The van der Waals surface area contributed by atoms with Crippen molar-refractivity contribution in [3.63, 3.8) is 0 Å². The normalized spacial score (nSPS) is 20.6. The van der Waals surface area contributed by atoms with Gasteiger partial charge in [0.1, 0.15) is 6.61 Å². The van der Waals surface area contributed by atoms with E-state index in [2.05, 4.69) is 23.9 Å². The highest BCUT2D eigenvalue weighted by molar-refractivity contribution is 7.89. The molecule has 8 nitrogen and oxygen atoms in total. The highest BCUT2D eigenvalue weighted by atomic mass is 35.5. The van der Waals surface area contributed by atoms with Gasteiger partial charge in [-0.05, 0) is 64.6 Å². The van der Waals surface area contributed by atoms with Gasteiger partial charge in [-0.3, -0.25) is 9.69 Å². The summed E-state index contributed by atoms with van der Waals surface area (Å²) in [4.78, 5) is 19.1. The molecular formula is C22H34Cl2N4O4S. The molecule has 2 saturated heterocycles. The molecule has 1 amide bonds.